The molecule has 0 N–H and O–H groups in total. The molecule has 1 fully saturated rings. The van der Waals surface area contributed by atoms with Gasteiger partial charge in [-0.2, -0.15) is 0 Å². The van der Waals surface area contributed by atoms with E-state index in [2.05, 4.69) is 11.1 Å². The lowest BCUT2D eigenvalue weighted by Gasteiger charge is -2.25. The molecule has 1 atom stereocenters. The number of aromatic nitrogens is 1. The van der Waals surface area contributed by atoms with Crippen molar-refractivity contribution in [2.75, 3.05) is 13.7 Å². The fraction of sp³-hybridized carbons (Fsp3) is 0.250. The molecule has 4 nitrogen and oxygen atoms in total. The Morgan fingerprint density at radius 1 is 1.14 bits per heavy atom. The van der Waals surface area contributed by atoms with Crippen LogP contribution in [-0.4, -0.2) is 29.4 Å². The second kappa shape index (κ2) is 7.85. The van der Waals surface area contributed by atoms with Crippen molar-refractivity contribution in [2.45, 2.75) is 25.8 Å². The molecule has 1 aliphatic rings. The number of carbonyl (C=O) groups excluding carboxylic acids is 1. The predicted molar refractivity (Wildman–Crippen MR) is 110 cm³/mol. The minimum Gasteiger partial charge on any atom is -0.497 e. The summed E-state index contributed by atoms with van der Waals surface area (Å²) in [5.74, 6) is 0.908. The summed E-state index contributed by atoms with van der Waals surface area (Å²) in [6.07, 6.45) is 5.62. The summed E-state index contributed by atoms with van der Waals surface area (Å²) in [4.78, 5) is 19.5. The third-order valence-corrected chi connectivity index (χ3v) is 5.43. The van der Waals surface area contributed by atoms with Crippen LogP contribution in [0.2, 0.25) is 0 Å². The van der Waals surface area contributed by atoms with E-state index in [-0.39, 0.29) is 11.9 Å². The standard InChI is InChI=1S/C24H24N2O2/c1-17-16-25-12-11-22(17)18-6-3-8-20(14-18)24(27)26-13-5-10-23(26)19-7-4-9-21(15-19)28-2/h3-4,6-9,11-12,14-16,23H,5,10,13H2,1-2H3. The highest BCUT2D eigenvalue weighted by atomic mass is 16.5. The Kier molecular flexibility index (Phi) is 5.11. The Bertz CT molecular complexity index is 999. The van der Waals surface area contributed by atoms with Crippen molar-refractivity contribution < 1.29 is 9.53 Å². The average Bonchev–Trinajstić information content (AvgIpc) is 3.23. The molecular formula is C24H24N2O2. The van der Waals surface area contributed by atoms with Crippen LogP contribution < -0.4 is 4.74 Å². The predicted octanol–water partition coefficient (Wildman–Crippen LogP) is 5.04. The van der Waals surface area contributed by atoms with Gasteiger partial charge in [-0.25, -0.2) is 0 Å². The van der Waals surface area contributed by atoms with Crippen LogP contribution in [0.1, 0.15) is 40.4 Å². The van der Waals surface area contributed by atoms with Gasteiger partial charge in [-0.3, -0.25) is 9.78 Å². The lowest BCUT2D eigenvalue weighted by Crippen LogP contribution is -2.30. The highest BCUT2D eigenvalue weighted by molar-refractivity contribution is 5.96. The molecule has 2 aromatic carbocycles. The molecule has 0 aliphatic carbocycles. The van der Waals surface area contributed by atoms with Gasteiger partial charge < -0.3 is 9.64 Å². The van der Waals surface area contributed by atoms with E-state index >= 15 is 0 Å². The Morgan fingerprint density at radius 2 is 2.00 bits per heavy atom. The summed E-state index contributed by atoms with van der Waals surface area (Å²) in [7, 11) is 1.67. The number of aryl methyl sites for hydroxylation is 1. The van der Waals surface area contributed by atoms with Crippen LogP contribution >= 0.6 is 0 Å². The van der Waals surface area contributed by atoms with E-state index in [1.54, 1.807) is 13.3 Å². The van der Waals surface area contributed by atoms with Crippen molar-refractivity contribution in [2.24, 2.45) is 0 Å². The number of likely N-dealkylation sites (tertiary alicyclic amines) is 1. The van der Waals surface area contributed by atoms with Gasteiger partial charge in [0.2, 0.25) is 0 Å². The van der Waals surface area contributed by atoms with Crippen LogP contribution in [0.5, 0.6) is 5.75 Å². The fourth-order valence-corrected chi connectivity index (χ4v) is 3.99. The van der Waals surface area contributed by atoms with Gasteiger partial charge in [0.25, 0.3) is 5.91 Å². The maximum absolute atomic E-state index is 13.3. The monoisotopic (exact) mass is 372 g/mol. The molecule has 1 unspecified atom stereocenters. The first kappa shape index (κ1) is 18.2. The maximum atomic E-state index is 13.3. The van der Waals surface area contributed by atoms with Gasteiger partial charge in [-0.05, 0) is 72.4 Å². The molecule has 28 heavy (non-hydrogen) atoms. The minimum atomic E-state index is 0.0823. The number of benzene rings is 2. The quantitative estimate of drug-likeness (QED) is 0.644. The molecule has 4 rings (SSSR count). The third-order valence-electron chi connectivity index (χ3n) is 5.43. The van der Waals surface area contributed by atoms with Crippen LogP contribution in [-0.2, 0) is 0 Å². The Balaban J connectivity index is 1.63. The van der Waals surface area contributed by atoms with E-state index in [0.29, 0.717) is 0 Å². The molecule has 2 heterocycles. The molecule has 1 saturated heterocycles. The number of nitrogens with zero attached hydrogens (tertiary/aromatic N) is 2. The molecule has 0 radical (unpaired) electrons. The van der Waals surface area contributed by atoms with Crippen molar-refractivity contribution in [3.8, 4) is 16.9 Å². The van der Waals surface area contributed by atoms with Crippen molar-refractivity contribution in [1.29, 1.82) is 0 Å². The van der Waals surface area contributed by atoms with Gasteiger partial charge >= 0.3 is 0 Å². The van der Waals surface area contributed by atoms with E-state index in [0.717, 1.165) is 53.0 Å². The lowest BCUT2D eigenvalue weighted by atomic mass is 9.99. The molecule has 1 amide bonds. The summed E-state index contributed by atoms with van der Waals surface area (Å²) in [5.41, 5.74) is 5.11. The van der Waals surface area contributed by atoms with E-state index < -0.39 is 0 Å². The molecule has 4 heteroatoms. The zero-order valence-corrected chi connectivity index (χ0v) is 16.3. The van der Waals surface area contributed by atoms with Crippen molar-refractivity contribution in [3.05, 3.63) is 83.7 Å². The van der Waals surface area contributed by atoms with Gasteiger partial charge in [-0.1, -0.05) is 24.3 Å². The van der Waals surface area contributed by atoms with Gasteiger partial charge in [0, 0.05) is 24.5 Å². The number of hydrogen-bond acceptors (Lipinski definition) is 3. The zero-order chi connectivity index (χ0) is 19.5. The van der Waals surface area contributed by atoms with E-state index in [1.807, 2.05) is 66.6 Å². The topological polar surface area (TPSA) is 42.4 Å². The number of pyridine rings is 1. The van der Waals surface area contributed by atoms with Crippen molar-refractivity contribution >= 4 is 5.91 Å². The van der Waals surface area contributed by atoms with Crippen molar-refractivity contribution in [3.63, 3.8) is 0 Å². The number of ether oxygens (including phenoxy) is 1. The Morgan fingerprint density at radius 3 is 2.82 bits per heavy atom. The zero-order valence-electron chi connectivity index (χ0n) is 16.3. The average molecular weight is 372 g/mol. The molecule has 0 saturated carbocycles. The van der Waals surface area contributed by atoms with Crippen LogP contribution in [0.4, 0.5) is 0 Å². The fourth-order valence-electron chi connectivity index (χ4n) is 3.99. The van der Waals surface area contributed by atoms with Crippen LogP contribution in [0, 0.1) is 6.92 Å². The Labute approximate surface area is 165 Å². The highest BCUT2D eigenvalue weighted by Gasteiger charge is 2.30. The first-order valence-corrected chi connectivity index (χ1v) is 9.63. The smallest absolute Gasteiger partial charge is 0.254 e. The first-order valence-electron chi connectivity index (χ1n) is 9.63. The summed E-state index contributed by atoms with van der Waals surface area (Å²) in [6, 6.07) is 18.0. The van der Waals surface area contributed by atoms with Gasteiger partial charge in [0.15, 0.2) is 0 Å². The van der Waals surface area contributed by atoms with E-state index in [4.69, 9.17) is 4.74 Å². The second-order valence-electron chi connectivity index (χ2n) is 7.20. The SMILES string of the molecule is COc1cccc(C2CCCN2C(=O)c2cccc(-c3ccncc3C)c2)c1. The van der Waals surface area contributed by atoms with Gasteiger partial charge in [-0.15, -0.1) is 0 Å². The number of rotatable bonds is 4. The van der Waals surface area contributed by atoms with Crippen molar-refractivity contribution in [1.82, 2.24) is 9.88 Å². The molecule has 142 valence electrons. The van der Waals surface area contributed by atoms with E-state index in [1.165, 1.54) is 0 Å². The highest BCUT2D eigenvalue weighted by Crippen LogP contribution is 2.35. The Hall–Kier alpha value is -3.14. The number of hydrogen-bond donors (Lipinski definition) is 0. The summed E-state index contributed by atoms with van der Waals surface area (Å²) < 4.78 is 5.36. The molecule has 1 aliphatic heterocycles. The van der Waals surface area contributed by atoms with Crippen LogP contribution in [0.3, 0.4) is 0 Å². The minimum absolute atomic E-state index is 0.0823. The van der Waals surface area contributed by atoms with Crippen LogP contribution in [0.15, 0.2) is 67.0 Å². The van der Waals surface area contributed by atoms with E-state index in [9.17, 15) is 4.79 Å². The number of carbonyl (C=O) groups is 1. The first-order chi connectivity index (χ1) is 13.7. The summed E-state index contributed by atoms with van der Waals surface area (Å²) in [5, 5.41) is 0. The summed E-state index contributed by atoms with van der Waals surface area (Å²) >= 11 is 0. The molecular weight excluding hydrogens is 348 g/mol. The number of methoxy groups -OCH3 is 1. The molecule has 0 bridgehead atoms. The molecule has 1 aromatic heterocycles. The lowest BCUT2D eigenvalue weighted by molar-refractivity contribution is 0.0735. The largest absolute Gasteiger partial charge is 0.497 e. The van der Waals surface area contributed by atoms with Gasteiger partial charge in [0.1, 0.15) is 5.75 Å². The molecule has 0 spiro atoms. The maximum Gasteiger partial charge on any atom is 0.254 e. The molecule has 3 aromatic rings. The van der Waals surface area contributed by atoms with Crippen LogP contribution in [0.25, 0.3) is 11.1 Å². The summed E-state index contributed by atoms with van der Waals surface area (Å²) in [6.45, 7) is 2.81. The second-order valence-corrected chi connectivity index (χ2v) is 7.20. The number of amides is 1. The normalized spacial score (nSPS) is 16.2. The third kappa shape index (κ3) is 3.50. The van der Waals surface area contributed by atoms with Gasteiger partial charge in [0.05, 0.1) is 13.2 Å².